The molecule has 150 valence electrons. The average Bonchev–Trinajstić information content (AvgIpc) is 2.70. The molecule has 0 unspecified atom stereocenters. The van der Waals surface area contributed by atoms with Gasteiger partial charge in [0.05, 0.1) is 0 Å². The summed E-state index contributed by atoms with van der Waals surface area (Å²) in [7, 11) is 0. The predicted molar refractivity (Wildman–Crippen MR) is 120 cm³/mol. The van der Waals surface area contributed by atoms with Gasteiger partial charge in [-0.15, -0.1) is 0 Å². The zero-order chi connectivity index (χ0) is 20.8. The zero-order valence-corrected chi connectivity index (χ0v) is 17.2. The number of hydrogen-bond donors (Lipinski definition) is 3. The van der Waals surface area contributed by atoms with Crippen LogP contribution in [0, 0.1) is 13.8 Å². The van der Waals surface area contributed by atoms with Crippen LogP contribution in [0.3, 0.4) is 0 Å². The monoisotopic (exact) mass is 409 g/mol. The van der Waals surface area contributed by atoms with E-state index in [1.54, 1.807) is 17.8 Å². The molecule has 0 saturated carbocycles. The van der Waals surface area contributed by atoms with Gasteiger partial charge in [0.1, 0.15) is 0 Å². The third kappa shape index (κ3) is 5.71. The number of carbonyl (C=O) groups is 2. The van der Waals surface area contributed by atoms with Gasteiger partial charge in [0.2, 0.25) is 0 Å². The van der Waals surface area contributed by atoms with Crippen LogP contribution in [0.5, 0.6) is 0 Å². The van der Waals surface area contributed by atoms with Gasteiger partial charge in [-0.25, -0.2) is 4.79 Å². The number of nitrogens with one attached hydrogen (secondary N) is 2. The Balaban J connectivity index is 1.75. The van der Waals surface area contributed by atoms with E-state index in [0.717, 1.165) is 58.0 Å². The average molecular weight is 410 g/mol. The smallest absolute Gasteiger partial charge is 0.328 e. The Morgan fingerprint density at radius 2 is 1.93 bits per heavy atom. The van der Waals surface area contributed by atoms with Gasteiger partial charge in [-0.05, 0) is 73.4 Å². The highest BCUT2D eigenvalue weighted by Crippen LogP contribution is 2.24. The second kappa shape index (κ2) is 9.43. The highest BCUT2D eigenvalue weighted by molar-refractivity contribution is 8.14. The fourth-order valence-electron chi connectivity index (χ4n) is 3.04. The molecule has 3 rings (SSSR count). The molecule has 0 fully saturated rings. The topological polar surface area (TPSA) is 90.8 Å². The van der Waals surface area contributed by atoms with E-state index in [1.807, 2.05) is 44.2 Å². The first-order chi connectivity index (χ1) is 13.9. The summed E-state index contributed by atoms with van der Waals surface area (Å²) in [5.41, 5.74) is 4.61. The molecule has 0 aromatic heterocycles. The molecule has 1 aliphatic rings. The number of aryl methyl sites for hydroxylation is 2. The quantitative estimate of drug-likeness (QED) is 0.630. The zero-order valence-electron chi connectivity index (χ0n) is 16.4. The molecule has 3 N–H and O–H groups in total. The lowest BCUT2D eigenvalue weighted by atomic mass is 10.0. The Bertz CT molecular complexity index is 976. The van der Waals surface area contributed by atoms with Crippen LogP contribution in [0.15, 0.2) is 47.5 Å². The van der Waals surface area contributed by atoms with E-state index in [-0.39, 0.29) is 5.91 Å². The fraction of sp³-hybridized carbons (Fsp3) is 0.227. The van der Waals surface area contributed by atoms with E-state index in [2.05, 4.69) is 15.6 Å². The number of anilines is 2. The van der Waals surface area contributed by atoms with Crippen molar-refractivity contribution in [2.24, 2.45) is 4.99 Å². The summed E-state index contributed by atoms with van der Waals surface area (Å²) >= 11 is 1.68. The molecule has 0 radical (unpaired) electrons. The van der Waals surface area contributed by atoms with Gasteiger partial charge in [-0.1, -0.05) is 17.8 Å². The standard InChI is InChI=1S/C22H23N3O3S/c1-14-11-16(7-8-19(26)27)12-15(2)20(14)25-21(28)17-5-3-6-18(13-17)24-22-23-9-4-10-29-22/h3,5-8,11-13H,4,9-10H2,1-2H3,(H,23,24)(H,25,28)(H,26,27). The number of amides is 1. The van der Waals surface area contributed by atoms with Crippen molar-refractivity contribution in [3.63, 3.8) is 0 Å². The van der Waals surface area contributed by atoms with Crippen molar-refractivity contribution in [1.29, 1.82) is 0 Å². The number of carbonyl (C=O) groups excluding carboxylic acids is 1. The van der Waals surface area contributed by atoms with Crippen LogP contribution in [0.1, 0.15) is 33.5 Å². The Labute approximate surface area is 174 Å². The van der Waals surface area contributed by atoms with Crippen LogP contribution in [-0.4, -0.2) is 34.4 Å². The second-order valence-corrected chi connectivity index (χ2v) is 7.83. The summed E-state index contributed by atoms with van der Waals surface area (Å²) in [6.07, 6.45) is 3.72. The van der Waals surface area contributed by atoms with Crippen LogP contribution in [0.4, 0.5) is 11.4 Å². The molecule has 0 spiro atoms. The predicted octanol–water partition coefficient (Wildman–Crippen LogP) is 4.56. The number of nitrogens with zero attached hydrogens (tertiary/aromatic N) is 1. The van der Waals surface area contributed by atoms with Gasteiger partial charge in [-0.2, -0.15) is 0 Å². The lowest BCUT2D eigenvalue weighted by Crippen LogP contribution is -2.16. The highest BCUT2D eigenvalue weighted by atomic mass is 32.2. The van der Waals surface area contributed by atoms with Crippen LogP contribution in [0.25, 0.3) is 6.08 Å². The number of amidine groups is 1. The third-order valence-electron chi connectivity index (χ3n) is 4.38. The molecular weight excluding hydrogens is 386 g/mol. The molecule has 0 atom stereocenters. The number of thioether (sulfide) groups is 1. The van der Waals surface area contributed by atoms with Crippen LogP contribution in [-0.2, 0) is 4.79 Å². The van der Waals surface area contributed by atoms with E-state index < -0.39 is 5.97 Å². The number of carboxylic acids is 1. The number of rotatable bonds is 5. The number of hydrogen-bond acceptors (Lipinski definition) is 5. The van der Waals surface area contributed by atoms with Gasteiger partial charge in [0, 0.05) is 35.3 Å². The maximum Gasteiger partial charge on any atom is 0.328 e. The van der Waals surface area contributed by atoms with Crippen LogP contribution >= 0.6 is 11.8 Å². The molecule has 1 aliphatic heterocycles. The van der Waals surface area contributed by atoms with Crippen molar-refractivity contribution < 1.29 is 14.7 Å². The molecule has 2 aromatic carbocycles. The number of carboxylic acid groups (broad SMARTS) is 1. The van der Waals surface area contributed by atoms with E-state index >= 15 is 0 Å². The molecule has 1 amide bonds. The SMILES string of the molecule is Cc1cc(C=CC(=O)O)cc(C)c1NC(=O)c1cccc(NC2=NCCCS2)c1. The van der Waals surface area contributed by atoms with Crippen molar-refractivity contribution in [2.75, 3.05) is 22.9 Å². The third-order valence-corrected chi connectivity index (χ3v) is 5.38. The Hall–Kier alpha value is -3.06. The van der Waals surface area contributed by atoms with Gasteiger partial charge in [0.25, 0.3) is 5.91 Å². The van der Waals surface area contributed by atoms with Crippen molar-refractivity contribution in [1.82, 2.24) is 0 Å². The Kier molecular flexibility index (Phi) is 6.72. The van der Waals surface area contributed by atoms with E-state index in [0.29, 0.717) is 5.56 Å². The maximum atomic E-state index is 12.8. The minimum absolute atomic E-state index is 0.202. The van der Waals surface area contributed by atoms with E-state index in [9.17, 15) is 9.59 Å². The first kappa shape index (κ1) is 20.7. The van der Waals surface area contributed by atoms with Gasteiger partial charge in [-0.3, -0.25) is 9.79 Å². The van der Waals surface area contributed by atoms with E-state index in [1.165, 1.54) is 6.08 Å². The normalized spacial score (nSPS) is 13.8. The second-order valence-electron chi connectivity index (χ2n) is 6.75. The molecule has 0 bridgehead atoms. The summed E-state index contributed by atoms with van der Waals surface area (Å²) in [6, 6.07) is 11.0. The van der Waals surface area contributed by atoms with Gasteiger partial charge >= 0.3 is 5.97 Å². The van der Waals surface area contributed by atoms with Gasteiger partial charge < -0.3 is 15.7 Å². The lowest BCUT2D eigenvalue weighted by Gasteiger charge is -2.15. The Morgan fingerprint density at radius 1 is 1.17 bits per heavy atom. The minimum Gasteiger partial charge on any atom is -0.478 e. The van der Waals surface area contributed by atoms with Crippen molar-refractivity contribution in [3.05, 3.63) is 64.7 Å². The molecule has 29 heavy (non-hydrogen) atoms. The molecule has 7 heteroatoms. The van der Waals surface area contributed by atoms with Crippen molar-refractivity contribution in [2.45, 2.75) is 20.3 Å². The van der Waals surface area contributed by atoms with Crippen molar-refractivity contribution in [3.8, 4) is 0 Å². The number of benzene rings is 2. The first-order valence-electron chi connectivity index (χ1n) is 9.30. The molecule has 2 aromatic rings. The molecular formula is C22H23N3O3S. The van der Waals surface area contributed by atoms with Gasteiger partial charge in [0.15, 0.2) is 5.17 Å². The summed E-state index contributed by atoms with van der Waals surface area (Å²) in [5, 5.41) is 15.9. The lowest BCUT2D eigenvalue weighted by molar-refractivity contribution is -0.131. The maximum absolute atomic E-state index is 12.8. The minimum atomic E-state index is -0.997. The van der Waals surface area contributed by atoms with Crippen molar-refractivity contribution >= 4 is 46.3 Å². The summed E-state index contributed by atoms with van der Waals surface area (Å²) < 4.78 is 0. The number of aliphatic carboxylic acids is 1. The Morgan fingerprint density at radius 3 is 2.59 bits per heavy atom. The van der Waals surface area contributed by atoms with E-state index in [4.69, 9.17) is 5.11 Å². The molecule has 1 heterocycles. The summed E-state index contributed by atoms with van der Waals surface area (Å²) in [6.45, 7) is 4.60. The largest absolute Gasteiger partial charge is 0.478 e. The number of aliphatic imine (C=N–C) groups is 1. The highest BCUT2D eigenvalue weighted by Gasteiger charge is 2.12. The first-order valence-corrected chi connectivity index (χ1v) is 10.3. The summed E-state index contributed by atoms with van der Waals surface area (Å²) in [5.74, 6) is -0.155. The van der Waals surface area contributed by atoms with Crippen LogP contribution < -0.4 is 10.6 Å². The molecule has 0 saturated heterocycles. The molecule has 6 nitrogen and oxygen atoms in total. The molecule has 0 aliphatic carbocycles. The summed E-state index contributed by atoms with van der Waals surface area (Å²) in [4.78, 5) is 28.0. The van der Waals surface area contributed by atoms with Crippen LogP contribution in [0.2, 0.25) is 0 Å². The fourth-order valence-corrected chi connectivity index (χ4v) is 3.88.